The van der Waals surface area contributed by atoms with E-state index in [2.05, 4.69) is 55.8 Å². The molecule has 1 saturated heterocycles. The Morgan fingerprint density at radius 3 is 2.88 bits per heavy atom. The van der Waals surface area contributed by atoms with Crippen LogP contribution in [0.1, 0.15) is 29.7 Å². The van der Waals surface area contributed by atoms with Gasteiger partial charge in [-0.25, -0.2) is 4.98 Å². The van der Waals surface area contributed by atoms with Crippen LogP contribution in [0.25, 0.3) is 0 Å². The van der Waals surface area contributed by atoms with Gasteiger partial charge in [-0.1, -0.05) is 30.3 Å². The average molecular weight is 352 g/mol. The van der Waals surface area contributed by atoms with Gasteiger partial charge in [-0.05, 0) is 37.9 Å². The van der Waals surface area contributed by atoms with Crippen molar-refractivity contribution in [3.8, 4) is 0 Å². The number of piperidine rings is 1. The Kier molecular flexibility index (Phi) is 5.32. The van der Waals surface area contributed by atoms with E-state index in [0.717, 1.165) is 57.1 Å². The van der Waals surface area contributed by atoms with Crippen LogP contribution in [0, 0.1) is 0 Å². The number of anilines is 2. The zero-order chi connectivity index (χ0) is 17.8. The number of nitrogens with two attached hydrogens (primary N) is 1. The topological polar surface area (TPSA) is 79.1 Å². The van der Waals surface area contributed by atoms with Crippen molar-refractivity contribution in [2.24, 2.45) is 0 Å². The molecule has 0 saturated carbocycles. The minimum absolute atomic E-state index is 0.380. The van der Waals surface area contributed by atoms with Gasteiger partial charge in [0.15, 0.2) is 0 Å². The molecule has 4 N–H and O–H groups in total. The largest absolute Gasteiger partial charge is 0.368 e. The van der Waals surface area contributed by atoms with Gasteiger partial charge in [0.2, 0.25) is 5.95 Å². The summed E-state index contributed by atoms with van der Waals surface area (Å²) in [5, 5.41) is 7.13. The monoisotopic (exact) mass is 352 g/mol. The van der Waals surface area contributed by atoms with Gasteiger partial charge >= 0.3 is 0 Å². The molecule has 3 heterocycles. The SMILES string of the molecule is Nc1nc2c(c(N[C@@H]3CCCN(Cc4ccccc4)C3)n1)CCNCC2. The molecule has 4 rings (SSSR count). The van der Waals surface area contributed by atoms with Crippen LogP contribution in [0.2, 0.25) is 0 Å². The molecule has 0 amide bonds. The third kappa shape index (κ3) is 4.14. The first-order chi connectivity index (χ1) is 12.8. The number of aromatic nitrogens is 2. The molecule has 0 radical (unpaired) electrons. The Hall–Kier alpha value is -2.18. The Morgan fingerprint density at radius 2 is 2.00 bits per heavy atom. The van der Waals surface area contributed by atoms with Crippen LogP contribution >= 0.6 is 0 Å². The molecule has 2 aromatic rings. The highest BCUT2D eigenvalue weighted by atomic mass is 15.2. The highest BCUT2D eigenvalue weighted by Crippen LogP contribution is 2.23. The van der Waals surface area contributed by atoms with E-state index in [-0.39, 0.29) is 0 Å². The van der Waals surface area contributed by atoms with E-state index in [9.17, 15) is 0 Å². The highest BCUT2D eigenvalue weighted by Gasteiger charge is 2.23. The quantitative estimate of drug-likeness (QED) is 0.779. The van der Waals surface area contributed by atoms with E-state index < -0.39 is 0 Å². The smallest absolute Gasteiger partial charge is 0.222 e. The molecule has 0 spiro atoms. The molecule has 1 fully saturated rings. The highest BCUT2D eigenvalue weighted by molar-refractivity contribution is 5.51. The first-order valence-corrected chi connectivity index (χ1v) is 9.67. The third-order valence-electron chi connectivity index (χ3n) is 5.30. The lowest BCUT2D eigenvalue weighted by Gasteiger charge is -2.34. The first kappa shape index (κ1) is 17.2. The fourth-order valence-electron chi connectivity index (χ4n) is 4.04. The lowest BCUT2D eigenvalue weighted by molar-refractivity contribution is 0.208. The van der Waals surface area contributed by atoms with E-state index in [1.165, 1.54) is 24.0 Å². The molecule has 0 unspecified atom stereocenters. The molecule has 1 aromatic heterocycles. The van der Waals surface area contributed by atoms with Gasteiger partial charge in [0.1, 0.15) is 5.82 Å². The second-order valence-electron chi connectivity index (χ2n) is 7.31. The molecule has 1 atom stereocenters. The number of benzene rings is 1. The molecular formula is C20H28N6. The van der Waals surface area contributed by atoms with Gasteiger partial charge in [-0.3, -0.25) is 4.90 Å². The molecule has 6 heteroatoms. The van der Waals surface area contributed by atoms with Gasteiger partial charge in [0, 0.05) is 37.7 Å². The van der Waals surface area contributed by atoms with E-state index >= 15 is 0 Å². The maximum absolute atomic E-state index is 5.98. The first-order valence-electron chi connectivity index (χ1n) is 9.67. The lowest BCUT2D eigenvalue weighted by atomic mass is 10.0. The molecule has 138 valence electrons. The summed E-state index contributed by atoms with van der Waals surface area (Å²) in [7, 11) is 0. The standard InChI is InChI=1S/C20H28N6/c21-20-24-18-9-11-22-10-8-17(18)19(25-20)23-16-7-4-12-26(14-16)13-15-5-2-1-3-6-15/h1-3,5-6,16,22H,4,7-14H2,(H3,21,23,24,25)/t16-/m1/s1. The zero-order valence-electron chi connectivity index (χ0n) is 15.2. The van der Waals surface area contributed by atoms with Crippen molar-refractivity contribution in [1.29, 1.82) is 0 Å². The molecule has 2 aliphatic rings. The number of rotatable bonds is 4. The normalized spacial score (nSPS) is 21.0. The zero-order valence-corrected chi connectivity index (χ0v) is 15.2. The molecule has 0 aliphatic carbocycles. The van der Waals surface area contributed by atoms with Gasteiger partial charge in [-0.2, -0.15) is 4.98 Å². The fourth-order valence-corrected chi connectivity index (χ4v) is 4.04. The van der Waals surface area contributed by atoms with Crippen LogP contribution in [-0.4, -0.2) is 47.1 Å². The van der Waals surface area contributed by atoms with Crippen molar-refractivity contribution in [3.63, 3.8) is 0 Å². The summed E-state index contributed by atoms with van der Waals surface area (Å²) < 4.78 is 0. The van der Waals surface area contributed by atoms with Crippen molar-refractivity contribution >= 4 is 11.8 Å². The Labute approximate surface area is 155 Å². The van der Waals surface area contributed by atoms with Crippen molar-refractivity contribution in [1.82, 2.24) is 20.2 Å². The predicted molar refractivity (Wildman–Crippen MR) is 105 cm³/mol. The summed E-state index contributed by atoms with van der Waals surface area (Å²) in [6, 6.07) is 11.1. The van der Waals surface area contributed by atoms with Crippen LogP contribution in [-0.2, 0) is 19.4 Å². The molecule has 26 heavy (non-hydrogen) atoms. The van der Waals surface area contributed by atoms with Gasteiger partial charge < -0.3 is 16.4 Å². The fraction of sp³-hybridized carbons (Fsp3) is 0.500. The van der Waals surface area contributed by atoms with E-state index in [0.29, 0.717) is 12.0 Å². The molecule has 0 bridgehead atoms. The van der Waals surface area contributed by atoms with Crippen LogP contribution in [0.5, 0.6) is 0 Å². The molecule has 2 aliphatic heterocycles. The number of hydrogen-bond acceptors (Lipinski definition) is 6. The van der Waals surface area contributed by atoms with Gasteiger partial charge in [0.05, 0.1) is 5.69 Å². The number of nitrogens with one attached hydrogen (secondary N) is 2. The minimum atomic E-state index is 0.380. The van der Waals surface area contributed by atoms with Crippen molar-refractivity contribution in [3.05, 3.63) is 47.2 Å². The Bertz CT molecular complexity index is 733. The Morgan fingerprint density at radius 1 is 1.15 bits per heavy atom. The second kappa shape index (κ2) is 8.01. The van der Waals surface area contributed by atoms with Gasteiger partial charge in [0.25, 0.3) is 0 Å². The summed E-state index contributed by atoms with van der Waals surface area (Å²) in [6.07, 6.45) is 4.25. The summed E-state index contributed by atoms with van der Waals surface area (Å²) in [5.41, 5.74) is 9.69. The number of nitrogens with zero attached hydrogens (tertiary/aromatic N) is 3. The van der Waals surface area contributed by atoms with E-state index in [1.807, 2.05) is 0 Å². The summed E-state index contributed by atoms with van der Waals surface area (Å²) >= 11 is 0. The summed E-state index contributed by atoms with van der Waals surface area (Å²) in [6.45, 7) is 5.12. The number of likely N-dealkylation sites (tertiary alicyclic amines) is 1. The van der Waals surface area contributed by atoms with E-state index in [4.69, 9.17) is 5.73 Å². The van der Waals surface area contributed by atoms with Crippen LogP contribution in [0.3, 0.4) is 0 Å². The number of hydrogen-bond donors (Lipinski definition) is 3. The third-order valence-corrected chi connectivity index (χ3v) is 5.30. The molecule has 6 nitrogen and oxygen atoms in total. The maximum atomic E-state index is 5.98. The molecule has 1 aromatic carbocycles. The van der Waals surface area contributed by atoms with Crippen molar-refractivity contribution in [2.45, 2.75) is 38.3 Å². The van der Waals surface area contributed by atoms with Crippen LogP contribution in [0.4, 0.5) is 11.8 Å². The van der Waals surface area contributed by atoms with Crippen LogP contribution < -0.4 is 16.4 Å². The maximum Gasteiger partial charge on any atom is 0.222 e. The summed E-state index contributed by atoms with van der Waals surface area (Å²) in [5.74, 6) is 1.33. The summed E-state index contributed by atoms with van der Waals surface area (Å²) in [4.78, 5) is 11.5. The van der Waals surface area contributed by atoms with E-state index in [1.54, 1.807) is 0 Å². The Balaban J connectivity index is 1.46. The predicted octanol–water partition coefficient (Wildman–Crippen LogP) is 1.82. The van der Waals surface area contributed by atoms with Crippen molar-refractivity contribution in [2.75, 3.05) is 37.2 Å². The number of fused-ring (bicyclic) bond motifs is 1. The second-order valence-corrected chi connectivity index (χ2v) is 7.31. The van der Waals surface area contributed by atoms with Crippen LogP contribution in [0.15, 0.2) is 30.3 Å². The average Bonchev–Trinajstić information content (AvgIpc) is 2.88. The van der Waals surface area contributed by atoms with Crippen molar-refractivity contribution < 1.29 is 0 Å². The number of nitrogen functional groups attached to an aromatic ring is 1. The lowest BCUT2D eigenvalue weighted by Crippen LogP contribution is -2.42. The van der Waals surface area contributed by atoms with Gasteiger partial charge in [-0.15, -0.1) is 0 Å². The molecular weight excluding hydrogens is 324 g/mol. The minimum Gasteiger partial charge on any atom is -0.368 e.